The van der Waals surface area contributed by atoms with Crippen molar-refractivity contribution in [2.45, 2.75) is 41.5 Å². The minimum absolute atomic E-state index is 0.380. The molecule has 3 aromatic rings. The molecule has 4 nitrogen and oxygen atoms in total. The number of methoxy groups -OCH3 is 1. The summed E-state index contributed by atoms with van der Waals surface area (Å²) in [5.41, 5.74) is 0.954. The van der Waals surface area contributed by atoms with Gasteiger partial charge in [0.1, 0.15) is 17.8 Å². The van der Waals surface area contributed by atoms with Gasteiger partial charge in [0.05, 0.1) is 7.11 Å². The Hall–Kier alpha value is -3.40. The molecule has 166 valence electrons. The van der Waals surface area contributed by atoms with Crippen LogP contribution in [0.1, 0.15) is 41.5 Å². The number of hydrogen-bond donors (Lipinski definition) is 0. The lowest BCUT2D eigenvalue weighted by molar-refractivity contribution is -0.130. The number of carbonyl (C=O) groups is 2. The fourth-order valence-electron chi connectivity index (χ4n) is 2.34. The number of fused-ring (bicyclic) bond motifs is 2. The van der Waals surface area contributed by atoms with Crippen molar-refractivity contribution < 1.29 is 19.1 Å². The Balaban J connectivity index is 0.000000867. The fraction of sp³-hybridized carbons (Fsp3) is 0.259. The second kappa shape index (κ2) is 14.6. The van der Waals surface area contributed by atoms with Crippen LogP contribution in [-0.2, 0) is 9.59 Å². The van der Waals surface area contributed by atoms with Crippen LogP contribution in [0.5, 0.6) is 11.5 Å². The van der Waals surface area contributed by atoms with E-state index in [1.54, 1.807) is 27.0 Å². The Morgan fingerprint density at radius 1 is 0.774 bits per heavy atom. The summed E-state index contributed by atoms with van der Waals surface area (Å²) in [7, 11) is 1.66. The zero-order valence-corrected chi connectivity index (χ0v) is 19.7. The van der Waals surface area contributed by atoms with Crippen molar-refractivity contribution in [3.63, 3.8) is 0 Å². The van der Waals surface area contributed by atoms with Gasteiger partial charge in [-0.1, -0.05) is 53.0 Å². The summed E-state index contributed by atoms with van der Waals surface area (Å²) >= 11 is 0. The van der Waals surface area contributed by atoms with Gasteiger partial charge in [-0.15, -0.1) is 0 Å². The third-order valence-corrected chi connectivity index (χ3v) is 3.73. The van der Waals surface area contributed by atoms with E-state index in [2.05, 4.69) is 25.3 Å². The summed E-state index contributed by atoms with van der Waals surface area (Å²) in [5.74, 6) is 0.942. The first kappa shape index (κ1) is 27.6. The molecular weight excluding hydrogens is 388 g/mol. The quantitative estimate of drug-likeness (QED) is 0.146. The molecule has 3 rings (SSSR count). The van der Waals surface area contributed by atoms with Crippen molar-refractivity contribution in [2.75, 3.05) is 7.11 Å². The van der Waals surface area contributed by atoms with Crippen molar-refractivity contribution >= 4 is 33.8 Å². The van der Waals surface area contributed by atoms with Crippen molar-refractivity contribution in [1.29, 1.82) is 0 Å². The highest BCUT2D eigenvalue weighted by molar-refractivity contribution is 5.99. The third-order valence-electron chi connectivity index (χ3n) is 3.73. The van der Waals surface area contributed by atoms with E-state index in [0.29, 0.717) is 16.9 Å². The van der Waals surface area contributed by atoms with Gasteiger partial charge in [-0.3, -0.25) is 4.79 Å². The van der Waals surface area contributed by atoms with Crippen LogP contribution in [0.2, 0.25) is 0 Å². The first-order valence-electron chi connectivity index (χ1n) is 10.3. The molecule has 0 spiro atoms. The maximum atomic E-state index is 11.6. The average Bonchev–Trinajstić information content (AvgIpc) is 2.80. The number of carbonyl (C=O) groups excluding carboxylic acids is 2. The molecule has 0 saturated carbocycles. The van der Waals surface area contributed by atoms with Gasteiger partial charge >= 0.3 is 5.97 Å². The molecule has 0 aromatic heterocycles. The lowest BCUT2D eigenvalue weighted by Crippen LogP contribution is -2.07. The molecule has 31 heavy (non-hydrogen) atoms. The summed E-state index contributed by atoms with van der Waals surface area (Å²) in [6.45, 7) is 18.2. The number of allylic oxidation sites excluding steroid dienone is 1. The molecule has 0 aliphatic carbocycles. The third kappa shape index (κ3) is 8.87. The maximum absolute atomic E-state index is 11.6. The molecule has 0 aliphatic heterocycles. The van der Waals surface area contributed by atoms with Gasteiger partial charge in [0.15, 0.2) is 0 Å². The van der Waals surface area contributed by atoms with Crippen molar-refractivity contribution in [2.24, 2.45) is 0 Å². The first-order chi connectivity index (χ1) is 14.8. The van der Waals surface area contributed by atoms with Gasteiger partial charge in [0.25, 0.3) is 0 Å². The lowest BCUT2D eigenvalue weighted by Gasteiger charge is -2.08. The fourth-order valence-corrected chi connectivity index (χ4v) is 2.34. The van der Waals surface area contributed by atoms with E-state index < -0.39 is 5.97 Å². The molecule has 0 unspecified atom stereocenters. The van der Waals surface area contributed by atoms with Crippen LogP contribution in [0, 0.1) is 0 Å². The van der Waals surface area contributed by atoms with E-state index in [9.17, 15) is 9.59 Å². The van der Waals surface area contributed by atoms with Crippen LogP contribution < -0.4 is 9.47 Å². The molecule has 0 radical (unpaired) electrons. The average molecular weight is 423 g/mol. The minimum atomic E-state index is -0.412. The summed E-state index contributed by atoms with van der Waals surface area (Å²) in [5, 5.41) is 4.32. The number of hydrogen-bond acceptors (Lipinski definition) is 4. The summed E-state index contributed by atoms with van der Waals surface area (Å²) in [6, 6.07) is 15.7. The minimum Gasteiger partial charge on any atom is -0.497 e. The van der Waals surface area contributed by atoms with Crippen molar-refractivity contribution in [3.8, 4) is 11.5 Å². The standard InChI is InChI=1S/C19H16O3.C4H6O.2C2H6/c1-12(2)19(20)22-18-7-5-14-8-15-10-17(21-3)6-4-13(15)9-16(14)11-18;1-4(2)3-5;2*1-2/h4-11H,1H2,2-3H3;3H,1H2,2H3;2*1-2H3. The molecule has 0 N–H and O–H groups in total. The normalized spacial score (nSPS) is 9.00. The second-order valence-electron chi connectivity index (χ2n) is 6.21. The molecule has 0 amide bonds. The Bertz CT molecular complexity index is 1030. The smallest absolute Gasteiger partial charge is 0.338 e. The van der Waals surface area contributed by atoms with Gasteiger partial charge in [0, 0.05) is 5.57 Å². The van der Waals surface area contributed by atoms with Crippen molar-refractivity contribution in [1.82, 2.24) is 0 Å². The number of rotatable bonds is 4. The topological polar surface area (TPSA) is 52.6 Å². The van der Waals surface area contributed by atoms with Crippen LogP contribution in [0.4, 0.5) is 0 Å². The van der Waals surface area contributed by atoms with E-state index in [0.717, 1.165) is 33.6 Å². The van der Waals surface area contributed by atoms with E-state index in [4.69, 9.17) is 9.47 Å². The van der Waals surface area contributed by atoms with Gasteiger partial charge in [-0.25, -0.2) is 4.79 Å². The molecular formula is C27H34O4. The SMILES string of the molecule is C=C(C)C(=O)Oc1ccc2cc3cc(OC)ccc3cc2c1.C=C(C)C=O.CC.CC. The summed E-state index contributed by atoms with van der Waals surface area (Å²) in [6.07, 6.45) is 0.722. The summed E-state index contributed by atoms with van der Waals surface area (Å²) in [4.78, 5) is 21.0. The van der Waals surface area contributed by atoms with Crippen molar-refractivity contribution in [3.05, 3.63) is 72.8 Å². The molecule has 3 aromatic carbocycles. The number of benzene rings is 3. The van der Waals surface area contributed by atoms with Crippen LogP contribution in [0.15, 0.2) is 72.8 Å². The summed E-state index contributed by atoms with van der Waals surface area (Å²) < 4.78 is 10.5. The molecule has 0 atom stereocenters. The van der Waals surface area contributed by atoms with Gasteiger partial charge in [-0.05, 0) is 77.4 Å². The maximum Gasteiger partial charge on any atom is 0.338 e. The van der Waals surface area contributed by atoms with Crippen LogP contribution in [0.3, 0.4) is 0 Å². The zero-order valence-electron chi connectivity index (χ0n) is 19.7. The predicted molar refractivity (Wildman–Crippen MR) is 132 cm³/mol. The Kier molecular flexibility index (Phi) is 13.0. The molecule has 0 heterocycles. The van der Waals surface area contributed by atoms with Gasteiger partial charge < -0.3 is 9.47 Å². The Labute approximate surface area is 186 Å². The number of aldehydes is 1. The van der Waals surface area contributed by atoms with Crippen LogP contribution in [0.25, 0.3) is 21.5 Å². The van der Waals surface area contributed by atoms with Crippen LogP contribution >= 0.6 is 0 Å². The predicted octanol–water partition coefficient (Wildman–Crippen LogP) is 7.30. The highest BCUT2D eigenvalue weighted by Gasteiger charge is 2.07. The molecule has 4 heteroatoms. The van der Waals surface area contributed by atoms with Gasteiger partial charge in [0.2, 0.25) is 0 Å². The Morgan fingerprint density at radius 2 is 1.19 bits per heavy atom. The molecule has 0 saturated heterocycles. The molecule has 0 fully saturated rings. The van der Waals surface area contributed by atoms with Crippen LogP contribution in [-0.4, -0.2) is 19.4 Å². The monoisotopic (exact) mass is 422 g/mol. The largest absolute Gasteiger partial charge is 0.497 e. The lowest BCUT2D eigenvalue weighted by atomic mass is 10.0. The Morgan fingerprint density at radius 3 is 1.58 bits per heavy atom. The van der Waals surface area contributed by atoms with E-state index in [1.807, 2.05) is 58.0 Å². The first-order valence-corrected chi connectivity index (χ1v) is 10.3. The highest BCUT2D eigenvalue weighted by atomic mass is 16.5. The molecule has 0 aliphatic rings. The number of ether oxygens (including phenoxy) is 2. The number of esters is 1. The van der Waals surface area contributed by atoms with E-state index in [-0.39, 0.29) is 0 Å². The zero-order chi connectivity index (χ0) is 24.0. The molecule has 0 bridgehead atoms. The van der Waals surface area contributed by atoms with Gasteiger partial charge in [-0.2, -0.15) is 0 Å². The van der Waals surface area contributed by atoms with E-state index >= 15 is 0 Å². The highest BCUT2D eigenvalue weighted by Crippen LogP contribution is 2.28. The second-order valence-corrected chi connectivity index (χ2v) is 6.21. The van der Waals surface area contributed by atoms with E-state index in [1.165, 1.54) is 0 Å².